The lowest BCUT2D eigenvalue weighted by atomic mass is 10.1. The maximum atomic E-state index is 9.60. The van der Waals surface area contributed by atoms with Gasteiger partial charge in [-0.1, -0.05) is 18.2 Å². The molecule has 0 amide bonds. The summed E-state index contributed by atoms with van der Waals surface area (Å²) in [4.78, 5) is 8.38. The molecule has 0 spiro atoms. The van der Waals surface area contributed by atoms with Crippen molar-refractivity contribution in [3.05, 3.63) is 59.4 Å². The molecule has 7 heteroatoms. The van der Waals surface area contributed by atoms with Gasteiger partial charge in [0.05, 0.1) is 11.2 Å². The molecule has 0 aliphatic heterocycles. The monoisotopic (exact) mass is 360 g/mol. The fraction of sp³-hybridized carbons (Fsp3) is 0. The van der Waals surface area contributed by atoms with Gasteiger partial charge in [0.2, 0.25) is 0 Å². The van der Waals surface area contributed by atoms with Gasteiger partial charge in [-0.25, -0.2) is 10.1 Å². The minimum atomic E-state index is 0.201. The van der Waals surface area contributed by atoms with Gasteiger partial charge in [-0.15, -0.1) is 5.10 Å². The van der Waals surface area contributed by atoms with Crippen LogP contribution in [0.25, 0.3) is 44.6 Å². The lowest BCUT2D eigenvalue weighted by Crippen LogP contribution is -1.91. The average molecular weight is 360 g/mol. The molecule has 3 heterocycles. The molecule has 26 heavy (non-hydrogen) atoms. The SMILES string of the molecule is Oc1ccc(-c2nc(-c3n[nH]c(=S)o3)cc3c2[nH]c2ccccc23)cc1. The number of aromatic amines is 2. The van der Waals surface area contributed by atoms with Crippen LogP contribution < -0.4 is 0 Å². The minimum absolute atomic E-state index is 0.201. The Labute approximate surface area is 152 Å². The Morgan fingerprint density at radius 3 is 2.58 bits per heavy atom. The first-order valence-corrected chi connectivity index (χ1v) is 8.36. The van der Waals surface area contributed by atoms with Crippen molar-refractivity contribution in [2.24, 2.45) is 0 Å². The molecule has 5 aromatic rings. The van der Waals surface area contributed by atoms with Crippen LogP contribution in [-0.4, -0.2) is 25.3 Å². The second-order valence-corrected chi connectivity index (χ2v) is 6.29. The molecule has 3 aromatic heterocycles. The Morgan fingerprint density at radius 2 is 1.81 bits per heavy atom. The summed E-state index contributed by atoms with van der Waals surface area (Å²) in [6, 6.07) is 16.9. The summed E-state index contributed by atoms with van der Waals surface area (Å²) in [5.74, 6) is 0.540. The van der Waals surface area contributed by atoms with E-state index < -0.39 is 0 Å². The predicted molar refractivity (Wildman–Crippen MR) is 101 cm³/mol. The zero-order valence-corrected chi connectivity index (χ0v) is 14.2. The molecular weight excluding hydrogens is 348 g/mol. The number of para-hydroxylation sites is 1. The molecular formula is C19H12N4O2S. The molecule has 6 nitrogen and oxygen atoms in total. The molecule has 0 bridgehead atoms. The van der Waals surface area contributed by atoms with E-state index in [0.29, 0.717) is 11.6 Å². The van der Waals surface area contributed by atoms with Crippen LogP contribution in [0.4, 0.5) is 0 Å². The molecule has 0 unspecified atom stereocenters. The van der Waals surface area contributed by atoms with Crippen LogP contribution in [-0.2, 0) is 0 Å². The van der Waals surface area contributed by atoms with Crippen LogP contribution >= 0.6 is 12.2 Å². The number of fused-ring (bicyclic) bond motifs is 3. The molecule has 5 rings (SSSR count). The van der Waals surface area contributed by atoms with Gasteiger partial charge in [-0.05, 0) is 48.6 Å². The van der Waals surface area contributed by atoms with E-state index in [1.54, 1.807) is 12.1 Å². The highest BCUT2D eigenvalue weighted by atomic mass is 32.1. The van der Waals surface area contributed by atoms with E-state index in [4.69, 9.17) is 21.6 Å². The Morgan fingerprint density at radius 1 is 1.00 bits per heavy atom. The molecule has 0 aliphatic carbocycles. The molecule has 0 atom stereocenters. The Balaban J connectivity index is 1.89. The van der Waals surface area contributed by atoms with Crippen molar-refractivity contribution in [2.75, 3.05) is 0 Å². The summed E-state index contributed by atoms with van der Waals surface area (Å²) in [6.07, 6.45) is 0. The number of H-pyrrole nitrogens is 2. The first kappa shape index (κ1) is 14.9. The number of hydrogen-bond acceptors (Lipinski definition) is 5. The molecule has 2 aromatic carbocycles. The molecule has 3 N–H and O–H groups in total. The number of nitrogens with zero attached hydrogens (tertiary/aromatic N) is 2. The third-order valence-electron chi connectivity index (χ3n) is 4.29. The van der Waals surface area contributed by atoms with Crippen molar-refractivity contribution in [3.8, 4) is 28.6 Å². The van der Waals surface area contributed by atoms with E-state index in [-0.39, 0.29) is 10.6 Å². The Bertz CT molecular complexity index is 1320. The van der Waals surface area contributed by atoms with Crippen LogP contribution in [0, 0.1) is 4.84 Å². The largest absolute Gasteiger partial charge is 0.508 e. The van der Waals surface area contributed by atoms with E-state index in [1.807, 2.05) is 36.4 Å². The first-order chi connectivity index (χ1) is 12.7. The molecule has 0 aliphatic rings. The van der Waals surface area contributed by atoms with Crippen molar-refractivity contribution < 1.29 is 9.52 Å². The standard InChI is InChI=1S/C19H12N4O2S/c24-11-7-5-10(6-8-11)16-17-13(12-3-1-2-4-14(12)20-17)9-15(21-16)18-22-23-19(26)25-18/h1-9,20,24H,(H,23,26). The second kappa shape index (κ2) is 5.53. The van der Waals surface area contributed by atoms with E-state index in [1.165, 1.54) is 0 Å². The van der Waals surface area contributed by atoms with Crippen LogP contribution in [0.3, 0.4) is 0 Å². The summed E-state index contributed by atoms with van der Waals surface area (Å²) >= 11 is 4.98. The molecule has 0 saturated carbocycles. The maximum absolute atomic E-state index is 9.60. The van der Waals surface area contributed by atoms with E-state index in [0.717, 1.165) is 33.1 Å². The molecule has 0 saturated heterocycles. The van der Waals surface area contributed by atoms with Crippen LogP contribution in [0.15, 0.2) is 59.0 Å². The topological polar surface area (TPSA) is 90.7 Å². The minimum Gasteiger partial charge on any atom is -0.508 e. The predicted octanol–water partition coefficient (Wildman–Crippen LogP) is 4.80. The number of rotatable bonds is 2. The van der Waals surface area contributed by atoms with Crippen molar-refractivity contribution in [1.29, 1.82) is 0 Å². The number of pyridine rings is 1. The van der Waals surface area contributed by atoms with Gasteiger partial charge >= 0.3 is 0 Å². The van der Waals surface area contributed by atoms with Gasteiger partial charge < -0.3 is 14.5 Å². The lowest BCUT2D eigenvalue weighted by Gasteiger charge is -2.06. The van der Waals surface area contributed by atoms with Crippen molar-refractivity contribution in [3.63, 3.8) is 0 Å². The maximum Gasteiger partial charge on any atom is 0.284 e. The van der Waals surface area contributed by atoms with E-state index in [2.05, 4.69) is 21.2 Å². The zero-order valence-electron chi connectivity index (χ0n) is 13.4. The normalized spacial score (nSPS) is 11.4. The average Bonchev–Trinajstić information content (AvgIpc) is 3.25. The van der Waals surface area contributed by atoms with Gasteiger partial charge in [0, 0.05) is 21.9 Å². The van der Waals surface area contributed by atoms with E-state index in [9.17, 15) is 5.11 Å². The van der Waals surface area contributed by atoms with Gasteiger partial charge in [-0.2, -0.15) is 0 Å². The summed E-state index contributed by atoms with van der Waals surface area (Å²) < 4.78 is 5.45. The molecule has 0 radical (unpaired) electrons. The Hall–Kier alpha value is -3.45. The highest BCUT2D eigenvalue weighted by molar-refractivity contribution is 7.71. The summed E-state index contributed by atoms with van der Waals surface area (Å²) in [7, 11) is 0. The van der Waals surface area contributed by atoms with Gasteiger partial charge in [0.15, 0.2) is 0 Å². The number of aromatic nitrogens is 4. The molecule has 0 fully saturated rings. The number of benzene rings is 2. The third-order valence-corrected chi connectivity index (χ3v) is 4.47. The smallest absolute Gasteiger partial charge is 0.284 e. The summed E-state index contributed by atoms with van der Waals surface area (Å²) in [6.45, 7) is 0. The highest BCUT2D eigenvalue weighted by Gasteiger charge is 2.16. The highest BCUT2D eigenvalue weighted by Crippen LogP contribution is 2.35. The zero-order chi connectivity index (χ0) is 17.7. The summed E-state index contributed by atoms with van der Waals surface area (Å²) in [5, 5.41) is 18.4. The Kier molecular flexibility index (Phi) is 3.16. The van der Waals surface area contributed by atoms with Crippen molar-refractivity contribution in [1.82, 2.24) is 20.2 Å². The van der Waals surface area contributed by atoms with Crippen LogP contribution in [0.2, 0.25) is 0 Å². The quantitative estimate of drug-likeness (QED) is 0.393. The van der Waals surface area contributed by atoms with Crippen molar-refractivity contribution >= 4 is 34.0 Å². The second-order valence-electron chi connectivity index (χ2n) is 5.91. The summed E-state index contributed by atoms with van der Waals surface area (Å²) in [5.41, 5.74) is 4.13. The van der Waals surface area contributed by atoms with Gasteiger partial charge in [-0.3, -0.25) is 0 Å². The number of nitrogens with one attached hydrogen (secondary N) is 2. The number of aromatic hydroxyl groups is 1. The van der Waals surface area contributed by atoms with Crippen LogP contribution in [0.1, 0.15) is 0 Å². The van der Waals surface area contributed by atoms with E-state index >= 15 is 0 Å². The van der Waals surface area contributed by atoms with Gasteiger partial charge in [0.25, 0.3) is 10.7 Å². The number of hydrogen-bond donors (Lipinski definition) is 3. The number of phenolic OH excluding ortho intramolecular Hbond substituents is 1. The fourth-order valence-corrected chi connectivity index (χ4v) is 3.25. The third kappa shape index (κ3) is 2.29. The molecule has 126 valence electrons. The lowest BCUT2D eigenvalue weighted by molar-refractivity contribution is 0.475. The van der Waals surface area contributed by atoms with Crippen molar-refractivity contribution in [2.45, 2.75) is 0 Å². The van der Waals surface area contributed by atoms with Crippen LogP contribution in [0.5, 0.6) is 5.75 Å². The van der Waals surface area contributed by atoms with Gasteiger partial charge in [0.1, 0.15) is 11.4 Å². The first-order valence-electron chi connectivity index (χ1n) is 7.96. The number of phenols is 1. The fourth-order valence-electron chi connectivity index (χ4n) is 3.12.